The van der Waals surface area contributed by atoms with Gasteiger partial charge in [-0.1, -0.05) is 30.2 Å². The first-order chi connectivity index (χ1) is 13.1. The smallest absolute Gasteiger partial charge is 0.255 e. The maximum Gasteiger partial charge on any atom is 0.255 e. The summed E-state index contributed by atoms with van der Waals surface area (Å²) in [5.74, 6) is 0.598. The summed E-state index contributed by atoms with van der Waals surface area (Å²) >= 11 is 6.20. The Balaban J connectivity index is 1.72. The van der Waals surface area contributed by atoms with Gasteiger partial charge in [0.05, 0.1) is 19.2 Å². The number of amides is 1. The maximum atomic E-state index is 12.7. The van der Waals surface area contributed by atoms with Crippen LogP contribution in [0.5, 0.6) is 11.5 Å². The molecular formula is C21H25ClN2O3. The van der Waals surface area contributed by atoms with E-state index in [1.807, 2.05) is 18.2 Å². The predicted molar refractivity (Wildman–Crippen MR) is 108 cm³/mol. The SMILES string of the molecule is COc1cc(C(=O)Nc2cccc(CN3CCCCC3)c2)cc(Cl)c1OC. The number of piperidine rings is 1. The molecule has 1 aliphatic heterocycles. The predicted octanol–water partition coefficient (Wildman–Crippen LogP) is 4.60. The van der Waals surface area contributed by atoms with Crippen molar-refractivity contribution in [1.82, 2.24) is 4.90 Å². The number of carbonyl (C=O) groups is 1. The average Bonchev–Trinajstić information content (AvgIpc) is 2.68. The Morgan fingerprint density at radius 3 is 2.59 bits per heavy atom. The molecule has 1 fully saturated rings. The van der Waals surface area contributed by atoms with Gasteiger partial charge < -0.3 is 14.8 Å². The van der Waals surface area contributed by atoms with Crippen molar-refractivity contribution in [2.75, 3.05) is 32.6 Å². The van der Waals surface area contributed by atoms with E-state index in [0.717, 1.165) is 25.3 Å². The number of carbonyl (C=O) groups excluding carboxylic acids is 1. The molecule has 5 nitrogen and oxygen atoms in total. The zero-order chi connectivity index (χ0) is 19.2. The van der Waals surface area contributed by atoms with E-state index in [1.165, 1.54) is 39.0 Å². The summed E-state index contributed by atoms with van der Waals surface area (Å²) in [5.41, 5.74) is 2.37. The van der Waals surface area contributed by atoms with Crippen LogP contribution < -0.4 is 14.8 Å². The Morgan fingerprint density at radius 1 is 1.11 bits per heavy atom. The van der Waals surface area contributed by atoms with Gasteiger partial charge in [0, 0.05) is 17.8 Å². The molecule has 2 aromatic carbocycles. The lowest BCUT2D eigenvalue weighted by molar-refractivity contribution is 0.102. The number of hydrogen-bond acceptors (Lipinski definition) is 4. The number of hydrogen-bond donors (Lipinski definition) is 1. The highest BCUT2D eigenvalue weighted by Crippen LogP contribution is 2.36. The molecule has 0 saturated carbocycles. The second-order valence-electron chi connectivity index (χ2n) is 6.68. The van der Waals surface area contributed by atoms with E-state index in [2.05, 4.69) is 16.3 Å². The van der Waals surface area contributed by atoms with Crippen LogP contribution in [-0.4, -0.2) is 38.1 Å². The number of likely N-dealkylation sites (tertiary alicyclic amines) is 1. The minimum absolute atomic E-state index is 0.243. The molecule has 0 aromatic heterocycles. The molecule has 144 valence electrons. The summed E-state index contributed by atoms with van der Waals surface area (Å²) in [5, 5.41) is 3.27. The second kappa shape index (κ2) is 9.11. The minimum atomic E-state index is -0.243. The molecule has 0 aliphatic carbocycles. The fourth-order valence-electron chi connectivity index (χ4n) is 3.38. The standard InChI is InChI=1S/C21H25ClN2O3/c1-26-19-13-16(12-18(22)20(19)27-2)21(25)23-17-8-6-7-15(11-17)14-24-9-4-3-5-10-24/h6-8,11-13H,3-5,9-10,14H2,1-2H3,(H,23,25). The second-order valence-corrected chi connectivity index (χ2v) is 7.09. The average molecular weight is 389 g/mol. The van der Waals surface area contributed by atoms with E-state index in [0.29, 0.717) is 22.1 Å². The number of halogens is 1. The fourth-order valence-corrected chi connectivity index (χ4v) is 3.66. The third-order valence-electron chi connectivity index (χ3n) is 4.74. The lowest BCUT2D eigenvalue weighted by Gasteiger charge is -2.26. The van der Waals surface area contributed by atoms with Crippen LogP contribution in [0.3, 0.4) is 0 Å². The van der Waals surface area contributed by atoms with Gasteiger partial charge in [0.1, 0.15) is 0 Å². The van der Waals surface area contributed by atoms with Crippen molar-refractivity contribution >= 4 is 23.2 Å². The summed E-state index contributed by atoms with van der Waals surface area (Å²) in [6.07, 6.45) is 3.84. The van der Waals surface area contributed by atoms with E-state index in [-0.39, 0.29) is 5.91 Å². The van der Waals surface area contributed by atoms with Crippen molar-refractivity contribution in [2.24, 2.45) is 0 Å². The first-order valence-corrected chi connectivity index (χ1v) is 9.52. The molecule has 0 spiro atoms. The third-order valence-corrected chi connectivity index (χ3v) is 5.02. The summed E-state index contributed by atoms with van der Waals surface area (Å²) in [7, 11) is 3.03. The van der Waals surface area contributed by atoms with Crippen LogP contribution >= 0.6 is 11.6 Å². The molecule has 0 atom stereocenters. The van der Waals surface area contributed by atoms with Gasteiger partial charge in [0.15, 0.2) is 11.5 Å². The van der Waals surface area contributed by atoms with Crippen molar-refractivity contribution in [1.29, 1.82) is 0 Å². The van der Waals surface area contributed by atoms with E-state index in [1.54, 1.807) is 12.1 Å². The van der Waals surface area contributed by atoms with Gasteiger partial charge in [-0.2, -0.15) is 0 Å². The van der Waals surface area contributed by atoms with Crippen LogP contribution in [-0.2, 0) is 6.54 Å². The fraction of sp³-hybridized carbons (Fsp3) is 0.381. The summed E-state index contributed by atoms with van der Waals surface area (Å²) < 4.78 is 10.5. The molecule has 0 radical (unpaired) electrons. The quantitative estimate of drug-likeness (QED) is 0.786. The highest BCUT2D eigenvalue weighted by Gasteiger charge is 2.16. The van der Waals surface area contributed by atoms with Crippen LogP contribution in [0, 0.1) is 0 Å². The lowest BCUT2D eigenvalue weighted by atomic mass is 10.1. The highest BCUT2D eigenvalue weighted by atomic mass is 35.5. The molecule has 6 heteroatoms. The van der Waals surface area contributed by atoms with E-state index in [4.69, 9.17) is 21.1 Å². The van der Waals surface area contributed by atoms with E-state index >= 15 is 0 Å². The first kappa shape index (κ1) is 19.5. The molecule has 27 heavy (non-hydrogen) atoms. The van der Waals surface area contributed by atoms with Gasteiger partial charge in [0.2, 0.25) is 0 Å². The number of ether oxygens (including phenoxy) is 2. The summed E-state index contributed by atoms with van der Waals surface area (Å²) in [6, 6.07) is 11.2. The number of benzene rings is 2. The first-order valence-electron chi connectivity index (χ1n) is 9.15. The number of rotatable bonds is 6. The van der Waals surface area contributed by atoms with Crippen LogP contribution in [0.25, 0.3) is 0 Å². The van der Waals surface area contributed by atoms with E-state index in [9.17, 15) is 4.79 Å². The molecule has 1 heterocycles. The molecule has 1 amide bonds. The van der Waals surface area contributed by atoms with Gasteiger partial charge >= 0.3 is 0 Å². The minimum Gasteiger partial charge on any atom is -0.493 e. The Labute approximate surface area is 165 Å². The van der Waals surface area contributed by atoms with Crippen molar-refractivity contribution in [3.8, 4) is 11.5 Å². The molecule has 1 saturated heterocycles. The van der Waals surface area contributed by atoms with Gasteiger partial charge in [-0.3, -0.25) is 9.69 Å². The van der Waals surface area contributed by atoms with Gasteiger partial charge in [-0.05, 0) is 55.8 Å². The highest BCUT2D eigenvalue weighted by molar-refractivity contribution is 6.32. The Bertz CT molecular complexity index is 804. The molecule has 0 unspecified atom stereocenters. The van der Waals surface area contributed by atoms with Gasteiger partial charge in [0.25, 0.3) is 5.91 Å². The summed E-state index contributed by atoms with van der Waals surface area (Å²) in [4.78, 5) is 15.1. The Kier molecular flexibility index (Phi) is 6.58. The van der Waals surface area contributed by atoms with Crippen molar-refractivity contribution in [3.05, 3.63) is 52.5 Å². The van der Waals surface area contributed by atoms with Crippen molar-refractivity contribution < 1.29 is 14.3 Å². The molecule has 1 aliphatic rings. The lowest BCUT2D eigenvalue weighted by Crippen LogP contribution is -2.29. The zero-order valence-electron chi connectivity index (χ0n) is 15.8. The molecular weight excluding hydrogens is 364 g/mol. The number of methoxy groups -OCH3 is 2. The molecule has 1 N–H and O–H groups in total. The Hall–Kier alpha value is -2.24. The molecule has 0 bridgehead atoms. The molecule has 3 rings (SSSR count). The Morgan fingerprint density at radius 2 is 1.89 bits per heavy atom. The number of nitrogens with zero attached hydrogens (tertiary/aromatic N) is 1. The van der Waals surface area contributed by atoms with Crippen LogP contribution in [0.4, 0.5) is 5.69 Å². The van der Waals surface area contributed by atoms with Crippen LogP contribution in [0.1, 0.15) is 35.2 Å². The van der Waals surface area contributed by atoms with Crippen molar-refractivity contribution in [3.63, 3.8) is 0 Å². The van der Waals surface area contributed by atoms with Gasteiger partial charge in [-0.25, -0.2) is 0 Å². The normalized spacial score (nSPS) is 14.6. The monoisotopic (exact) mass is 388 g/mol. The zero-order valence-corrected chi connectivity index (χ0v) is 16.5. The molecule has 2 aromatic rings. The number of anilines is 1. The largest absolute Gasteiger partial charge is 0.493 e. The van der Waals surface area contributed by atoms with Gasteiger partial charge in [-0.15, -0.1) is 0 Å². The van der Waals surface area contributed by atoms with Crippen LogP contribution in [0.15, 0.2) is 36.4 Å². The third kappa shape index (κ3) is 4.93. The van der Waals surface area contributed by atoms with E-state index < -0.39 is 0 Å². The van der Waals surface area contributed by atoms with Crippen LogP contribution in [0.2, 0.25) is 5.02 Å². The maximum absolute atomic E-state index is 12.7. The number of nitrogens with one attached hydrogen (secondary N) is 1. The van der Waals surface area contributed by atoms with Crippen molar-refractivity contribution in [2.45, 2.75) is 25.8 Å². The summed E-state index contributed by atoms with van der Waals surface area (Å²) in [6.45, 7) is 3.19. The topological polar surface area (TPSA) is 50.8 Å².